The van der Waals surface area contributed by atoms with E-state index in [1.165, 1.54) is 12.3 Å². The third-order valence-electron chi connectivity index (χ3n) is 3.97. The first kappa shape index (κ1) is 13.6. The molecule has 1 aromatic rings. The number of carbonyl (C=O) groups is 1. The van der Waals surface area contributed by atoms with Crippen molar-refractivity contribution >= 4 is 11.6 Å². The van der Waals surface area contributed by atoms with E-state index in [1.807, 2.05) is 0 Å². The van der Waals surface area contributed by atoms with Crippen LogP contribution >= 0.6 is 0 Å². The second-order valence-corrected chi connectivity index (χ2v) is 5.49. The lowest BCUT2D eigenvalue weighted by Crippen LogP contribution is -2.30. The highest BCUT2D eigenvalue weighted by atomic mass is 16.5. The van der Waals surface area contributed by atoms with E-state index < -0.39 is 5.91 Å². The molecule has 2 rings (SSSR count). The van der Waals surface area contributed by atoms with Crippen LogP contribution in [0.2, 0.25) is 0 Å². The maximum absolute atomic E-state index is 11.4. The van der Waals surface area contributed by atoms with Gasteiger partial charge in [0.25, 0.3) is 5.91 Å². The predicted octanol–water partition coefficient (Wildman–Crippen LogP) is 1.97. The molecule has 4 N–H and O–H groups in total. The summed E-state index contributed by atoms with van der Waals surface area (Å²) in [7, 11) is 0. The second kappa shape index (κ2) is 5.47. The van der Waals surface area contributed by atoms with Crippen LogP contribution in [-0.4, -0.2) is 17.0 Å². The van der Waals surface area contributed by atoms with Crippen molar-refractivity contribution < 1.29 is 9.53 Å². The van der Waals surface area contributed by atoms with Crippen molar-refractivity contribution in [3.05, 3.63) is 17.8 Å². The summed E-state index contributed by atoms with van der Waals surface area (Å²) in [5.41, 5.74) is 11.6. The Labute approximate surface area is 113 Å². The summed E-state index contributed by atoms with van der Waals surface area (Å²) in [6.45, 7) is 4.49. The Balaban J connectivity index is 2.13. The van der Waals surface area contributed by atoms with Crippen LogP contribution in [0.5, 0.6) is 5.88 Å². The van der Waals surface area contributed by atoms with Crippen molar-refractivity contribution in [1.29, 1.82) is 0 Å². The molecule has 1 fully saturated rings. The van der Waals surface area contributed by atoms with Gasteiger partial charge >= 0.3 is 0 Å². The van der Waals surface area contributed by atoms with Crippen molar-refractivity contribution in [1.82, 2.24) is 4.98 Å². The van der Waals surface area contributed by atoms with Gasteiger partial charge in [0.05, 0.1) is 11.9 Å². The number of hydrogen-bond acceptors (Lipinski definition) is 4. The number of ether oxygens (including phenoxy) is 1. The molecule has 5 heteroatoms. The van der Waals surface area contributed by atoms with E-state index in [-0.39, 0.29) is 11.7 Å². The Morgan fingerprint density at radius 2 is 2.11 bits per heavy atom. The standard InChI is InChI=1S/C14H21N3O2/c1-8-3-4-11(5-9(8)2)19-14-12(13(16)18)6-10(15)7-17-14/h6-9,11H,3-5,15H2,1-2H3,(H2,16,18). The Kier molecular flexibility index (Phi) is 3.93. The molecule has 1 amide bonds. The van der Waals surface area contributed by atoms with Crippen molar-refractivity contribution in [3.63, 3.8) is 0 Å². The summed E-state index contributed by atoms with van der Waals surface area (Å²) in [5.74, 6) is 1.07. The largest absolute Gasteiger partial charge is 0.474 e. The van der Waals surface area contributed by atoms with Crippen LogP contribution in [0, 0.1) is 11.8 Å². The number of hydrogen-bond donors (Lipinski definition) is 2. The van der Waals surface area contributed by atoms with Gasteiger partial charge in [0.15, 0.2) is 0 Å². The smallest absolute Gasteiger partial charge is 0.254 e. The fourth-order valence-corrected chi connectivity index (χ4v) is 2.50. The number of anilines is 1. The highest BCUT2D eigenvalue weighted by Gasteiger charge is 2.27. The van der Waals surface area contributed by atoms with Gasteiger partial charge in [-0.05, 0) is 37.2 Å². The van der Waals surface area contributed by atoms with Crippen LogP contribution in [-0.2, 0) is 0 Å². The zero-order valence-electron chi connectivity index (χ0n) is 11.4. The normalized spacial score (nSPS) is 26.9. The lowest BCUT2D eigenvalue weighted by atomic mass is 9.80. The van der Waals surface area contributed by atoms with Crippen molar-refractivity contribution in [2.45, 2.75) is 39.2 Å². The summed E-state index contributed by atoms with van der Waals surface area (Å²) >= 11 is 0. The molecule has 1 heterocycles. The van der Waals surface area contributed by atoms with Crippen molar-refractivity contribution in [2.75, 3.05) is 5.73 Å². The van der Waals surface area contributed by atoms with Gasteiger partial charge in [0, 0.05) is 0 Å². The molecular formula is C14H21N3O2. The topological polar surface area (TPSA) is 91.2 Å². The molecule has 0 spiro atoms. The van der Waals surface area contributed by atoms with Gasteiger partial charge in [-0.3, -0.25) is 4.79 Å². The van der Waals surface area contributed by atoms with Crippen LogP contribution in [0.1, 0.15) is 43.5 Å². The van der Waals surface area contributed by atoms with E-state index in [4.69, 9.17) is 16.2 Å². The quantitative estimate of drug-likeness (QED) is 0.872. The van der Waals surface area contributed by atoms with Gasteiger partial charge < -0.3 is 16.2 Å². The molecule has 0 saturated heterocycles. The predicted molar refractivity (Wildman–Crippen MR) is 73.8 cm³/mol. The fraction of sp³-hybridized carbons (Fsp3) is 0.571. The van der Waals surface area contributed by atoms with E-state index in [0.29, 0.717) is 17.5 Å². The molecule has 3 unspecified atom stereocenters. The first-order valence-electron chi connectivity index (χ1n) is 6.69. The van der Waals surface area contributed by atoms with Crippen molar-refractivity contribution in [2.24, 2.45) is 17.6 Å². The molecule has 1 saturated carbocycles. The SMILES string of the molecule is CC1CCC(Oc2ncc(N)cc2C(N)=O)CC1C. The number of rotatable bonds is 3. The number of aromatic nitrogens is 1. The number of pyridine rings is 1. The average Bonchev–Trinajstić information content (AvgIpc) is 2.36. The summed E-state index contributed by atoms with van der Waals surface area (Å²) in [4.78, 5) is 15.5. The molecule has 0 radical (unpaired) electrons. The van der Waals surface area contributed by atoms with Gasteiger partial charge in [-0.25, -0.2) is 4.98 Å². The molecule has 1 aliphatic rings. The monoisotopic (exact) mass is 263 g/mol. The van der Waals surface area contributed by atoms with Gasteiger partial charge in [0.1, 0.15) is 11.7 Å². The van der Waals surface area contributed by atoms with Gasteiger partial charge in [0.2, 0.25) is 5.88 Å². The zero-order chi connectivity index (χ0) is 14.0. The molecular weight excluding hydrogens is 242 g/mol. The third kappa shape index (κ3) is 3.16. The first-order valence-corrected chi connectivity index (χ1v) is 6.69. The van der Waals surface area contributed by atoms with E-state index in [1.54, 1.807) is 0 Å². The summed E-state index contributed by atoms with van der Waals surface area (Å²) in [6, 6.07) is 1.51. The van der Waals surface area contributed by atoms with E-state index in [2.05, 4.69) is 18.8 Å². The van der Waals surface area contributed by atoms with Crippen molar-refractivity contribution in [3.8, 4) is 5.88 Å². The van der Waals surface area contributed by atoms with Crippen LogP contribution in [0.4, 0.5) is 5.69 Å². The third-order valence-corrected chi connectivity index (χ3v) is 3.97. The Morgan fingerprint density at radius 3 is 2.74 bits per heavy atom. The Morgan fingerprint density at radius 1 is 1.37 bits per heavy atom. The summed E-state index contributed by atoms with van der Waals surface area (Å²) in [6.07, 6.45) is 4.67. The van der Waals surface area contributed by atoms with Gasteiger partial charge in [-0.1, -0.05) is 13.8 Å². The number of nitrogens with two attached hydrogens (primary N) is 2. The maximum atomic E-state index is 11.4. The minimum atomic E-state index is -0.563. The molecule has 0 aromatic carbocycles. The number of nitrogen functional groups attached to an aromatic ring is 1. The second-order valence-electron chi connectivity index (χ2n) is 5.49. The molecule has 1 aliphatic carbocycles. The molecule has 1 aromatic heterocycles. The minimum absolute atomic E-state index is 0.0976. The fourth-order valence-electron chi connectivity index (χ4n) is 2.50. The first-order chi connectivity index (χ1) is 8.97. The summed E-state index contributed by atoms with van der Waals surface area (Å²) in [5, 5.41) is 0. The average molecular weight is 263 g/mol. The van der Waals surface area contributed by atoms with Crippen LogP contribution < -0.4 is 16.2 Å². The van der Waals surface area contributed by atoms with Gasteiger partial charge in [-0.15, -0.1) is 0 Å². The molecule has 104 valence electrons. The van der Waals surface area contributed by atoms with E-state index in [9.17, 15) is 4.79 Å². The molecule has 3 atom stereocenters. The summed E-state index contributed by atoms with van der Waals surface area (Å²) < 4.78 is 5.85. The van der Waals surface area contributed by atoms with E-state index in [0.717, 1.165) is 25.2 Å². The molecule has 0 bridgehead atoms. The van der Waals surface area contributed by atoms with Crippen LogP contribution in [0.25, 0.3) is 0 Å². The zero-order valence-corrected chi connectivity index (χ0v) is 11.4. The maximum Gasteiger partial charge on any atom is 0.254 e. The molecule has 5 nitrogen and oxygen atoms in total. The number of nitrogens with zero attached hydrogens (tertiary/aromatic N) is 1. The highest BCUT2D eigenvalue weighted by Crippen LogP contribution is 2.32. The highest BCUT2D eigenvalue weighted by molar-refractivity contribution is 5.95. The number of primary amides is 1. The Hall–Kier alpha value is -1.78. The number of carbonyl (C=O) groups excluding carboxylic acids is 1. The molecule has 19 heavy (non-hydrogen) atoms. The minimum Gasteiger partial charge on any atom is -0.474 e. The number of amides is 1. The Bertz CT molecular complexity index is 476. The van der Waals surface area contributed by atoms with Gasteiger partial charge in [-0.2, -0.15) is 0 Å². The molecule has 0 aliphatic heterocycles. The van der Waals surface area contributed by atoms with Crippen LogP contribution in [0.15, 0.2) is 12.3 Å². The lowest BCUT2D eigenvalue weighted by molar-refractivity contribution is 0.0906. The van der Waals surface area contributed by atoms with E-state index >= 15 is 0 Å². The lowest BCUT2D eigenvalue weighted by Gasteiger charge is -2.32. The van der Waals surface area contributed by atoms with Crippen LogP contribution in [0.3, 0.4) is 0 Å².